The molecule has 4 aromatic rings. The molecule has 1 aliphatic rings. The van der Waals surface area contributed by atoms with Crippen LogP contribution in [0.25, 0.3) is 10.8 Å². The van der Waals surface area contributed by atoms with Gasteiger partial charge < -0.3 is 0 Å². The Labute approximate surface area is 200 Å². The number of aromatic nitrogens is 2. The van der Waals surface area contributed by atoms with Gasteiger partial charge in [0.25, 0.3) is 17.7 Å². The average molecular weight is 464 g/mol. The Hall–Kier alpha value is -4.72. The lowest BCUT2D eigenvalue weighted by Crippen LogP contribution is -2.40. The van der Waals surface area contributed by atoms with Crippen LogP contribution < -0.4 is 0 Å². The van der Waals surface area contributed by atoms with Crippen LogP contribution in [0, 0.1) is 6.92 Å². The van der Waals surface area contributed by atoms with Crippen molar-refractivity contribution >= 4 is 34.9 Å². The van der Waals surface area contributed by atoms with Crippen molar-refractivity contribution in [1.82, 2.24) is 19.8 Å². The molecule has 0 saturated carbocycles. The molecule has 8 nitrogen and oxygen atoms in total. The Bertz CT molecular complexity index is 1460. The van der Waals surface area contributed by atoms with Gasteiger partial charge in [0.05, 0.1) is 13.1 Å². The normalized spacial score (nSPS) is 12.7. The zero-order chi connectivity index (χ0) is 24.5. The van der Waals surface area contributed by atoms with Crippen LogP contribution in [0.3, 0.4) is 0 Å². The molecule has 8 heteroatoms. The largest absolute Gasteiger partial charge is 0.278 e. The average Bonchev–Trinajstić information content (AvgIpc) is 2.89. The van der Waals surface area contributed by atoms with Crippen LogP contribution in [-0.2, 0) is 17.9 Å². The summed E-state index contributed by atoms with van der Waals surface area (Å²) >= 11 is 0. The summed E-state index contributed by atoms with van der Waals surface area (Å²) < 4.78 is 0. The van der Waals surface area contributed by atoms with Gasteiger partial charge in [0.2, 0.25) is 6.41 Å². The third-order valence-electron chi connectivity index (χ3n) is 6.08. The molecule has 0 fully saturated rings. The van der Waals surface area contributed by atoms with Crippen LogP contribution >= 0.6 is 0 Å². The van der Waals surface area contributed by atoms with Crippen molar-refractivity contribution in [1.29, 1.82) is 0 Å². The molecule has 0 N–H and O–H groups in total. The second-order valence-electron chi connectivity index (χ2n) is 8.30. The number of rotatable bonds is 6. The van der Waals surface area contributed by atoms with Crippen molar-refractivity contribution in [3.63, 3.8) is 0 Å². The van der Waals surface area contributed by atoms with Crippen molar-refractivity contribution in [2.24, 2.45) is 0 Å². The Kier molecular flexibility index (Phi) is 5.62. The first-order valence-corrected chi connectivity index (χ1v) is 11.0. The number of imide groups is 2. The molecule has 0 spiro atoms. The highest BCUT2D eigenvalue weighted by Gasteiger charge is 2.35. The number of aryl methyl sites for hydroxylation is 1. The molecular formula is C27H20N4O4. The number of hydrogen-bond donors (Lipinski definition) is 0. The molecule has 3 heterocycles. The number of benzene rings is 2. The molecule has 5 rings (SSSR count). The van der Waals surface area contributed by atoms with Crippen LogP contribution in [0.1, 0.15) is 47.8 Å². The van der Waals surface area contributed by atoms with Crippen molar-refractivity contribution < 1.29 is 19.2 Å². The molecule has 2 aromatic heterocycles. The lowest BCUT2D eigenvalue weighted by atomic mass is 9.88. The van der Waals surface area contributed by atoms with E-state index >= 15 is 0 Å². The summed E-state index contributed by atoms with van der Waals surface area (Å²) in [5.74, 6) is -1.40. The first-order valence-electron chi connectivity index (χ1n) is 11.0. The predicted molar refractivity (Wildman–Crippen MR) is 127 cm³/mol. The van der Waals surface area contributed by atoms with Crippen LogP contribution in [0.15, 0.2) is 73.3 Å². The molecule has 172 valence electrons. The van der Waals surface area contributed by atoms with Gasteiger partial charge in [0.1, 0.15) is 0 Å². The fourth-order valence-electron chi connectivity index (χ4n) is 4.40. The highest BCUT2D eigenvalue weighted by atomic mass is 16.2. The molecule has 1 aliphatic heterocycles. The first-order chi connectivity index (χ1) is 17.0. The summed E-state index contributed by atoms with van der Waals surface area (Å²) in [6.45, 7) is 1.95. The maximum absolute atomic E-state index is 13.4. The van der Waals surface area contributed by atoms with Crippen LogP contribution in [0.5, 0.6) is 0 Å². The van der Waals surface area contributed by atoms with Gasteiger partial charge in [-0.1, -0.05) is 18.2 Å². The highest BCUT2D eigenvalue weighted by Crippen LogP contribution is 2.35. The third kappa shape index (κ3) is 3.85. The fourth-order valence-corrected chi connectivity index (χ4v) is 4.40. The lowest BCUT2D eigenvalue weighted by molar-refractivity contribution is -0.116. The molecule has 0 saturated heterocycles. The topological polar surface area (TPSA) is 101 Å². The number of pyridine rings is 2. The summed E-state index contributed by atoms with van der Waals surface area (Å²) in [6, 6.07) is 13.6. The van der Waals surface area contributed by atoms with Crippen molar-refractivity contribution in [3.05, 3.63) is 107 Å². The molecule has 4 amide bonds. The van der Waals surface area contributed by atoms with Gasteiger partial charge in [-0.2, -0.15) is 0 Å². The Morgan fingerprint density at radius 3 is 2.11 bits per heavy atom. The maximum Gasteiger partial charge on any atom is 0.261 e. The minimum Gasteiger partial charge on any atom is -0.278 e. The number of carbonyl (C=O) groups is 4. The van der Waals surface area contributed by atoms with E-state index in [-0.39, 0.29) is 18.7 Å². The van der Waals surface area contributed by atoms with Gasteiger partial charge in [0.15, 0.2) is 0 Å². The Morgan fingerprint density at radius 2 is 1.51 bits per heavy atom. The van der Waals surface area contributed by atoms with Gasteiger partial charge in [0, 0.05) is 46.9 Å². The molecule has 2 aromatic carbocycles. The van der Waals surface area contributed by atoms with Gasteiger partial charge >= 0.3 is 0 Å². The van der Waals surface area contributed by atoms with E-state index in [0.29, 0.717) is 33.9 Å². The molecule has 0 bridgehead atoms. The zero-order valence-electron chi connectivity index (χ0n) is 18.8. The molecule has 35 heavy (non-hydrogen) atoms. The fraction of sp³-hybridized carbons (Fsp3) is 0.111. The van der Waals surface area contributed by atoms with Crippen molar-refractivity contribution in [2.45, 2.75) is 20.0 Å². The standard InChI is InChI=1S/C27H20N4O4/c1-17-6-7-21-24-22(27(35)31(26(21)34)15-19-5-3-11-29-13-19)9-8-20(23(17)24)25(33)30(16-32)14-18-4-2-10-28-12-18/h2-13,16H,14-15H2,1H3. The lowest BCUT2D eigenvalue weighted by Gasteiger charge is -2.28. The van der Waals surface area contributed by atoms with Crippen molar-refractivity contribution in [2.75, 3.05) is 0 Å². The van der Waals surface area contributed by atoms with E-state index in [4.69, 9.17) is 0 Å². The van der Waals surface area contributed by atoms with E-state index in [1.54, 1.807) is 73.3 Å². The quantitative estimate of drug-likeness (QED) is 0.320. The third-order valence-corrected chi connectivity index (χ3v) is 6.08. The van der Waals surface area contributed by atoms with Crippen LogP contribution in [-0.4, -0.2) is 43.9 Å². The molecular weight excluding hydrogens is 444 g/mol. The van der Waals surface area contributed by atoms with Gasteiger partial charge in [-0.25, -0.2) is 0 Å². The van der Waals surface area contributed by atoms with E-state index in [1.807, 2.05) is 6.92 Å². The van der Waals surface area contributed by atoms with Crippen LogP contribution in [0.4, 0.5) is 0 Å². The smallest absolute Gasteiger partial charge is 0.261 e. The zero-order valence-corrected chi connectivity index (χ0v) is 18.8. The summed E-state index contributed by atoms with van der Waals surface area (Å²) in [7, 11) is 0. The Balaban J connectivity index is 1.58. The minimum atomic E-state index is -0.520. The van der Waals surface area contributed by atoms with E-state index in [0.717, 1.165) is 16.0 Å². The van der Waals surface area contributed by atoms with E-state index in [9.17, 15) is 19.2 Å². The number of nitrogens with zero attached hydrogens (tertiary/aromatic N) is 4. The molecule has 0 atom stereocenters. The van der Waals surface area contributed by atoms with Crippen LogP contribution in [0.2, 0.25) is 0 Å². The SMILES string of the molecule is Cc1ccc2c3c(ccc(C(=O)N(C=O)Cc4cccnc4)c13)C(=O)N(Cc1cccnc1)C2=O. The molecule has 0 radical (unpaired) electrons. The Morgan fingerprint density at radius 1 is 0.886 bits per heavy atom. The van der Waals surface area contributed by atoms with Crippen molar-refractivity contribution in [3.8, 4) is 0 Å². The maximum atomic E-state index is 13.4. The van der Waals surface area contributed by atoms with Gasteiger partial charge in [-0.05, 0) is 59.3 Å². The summed E-state index contributed by atoms with van der Waals surface area (Å²) in [4.78, 5) is 62.3. The number of hydrogen-bond acceptors (Lipinski definition) is 6. The summed E-state index contributed by atoms with van der Waals surface area (Å²) in [6.07, 6.45) is 6.90. The predicted octanol–water partition coefficient (Wildman–Crippen LogP) is 3.53. The van der Waals surface area contributed by atoms with E-state index in [1.165, 1.54) is 4.90 Å². The van der Waals surface area contributed by atoms with E-state index < -0.39 is 17.7 Å². The summed E-state index contributed by atoms with van der Waals surface area (Å²) in [5, 5.41) is 0.922. The monoisotopic (exact) mass is 464 g/mol. The van der Waals surface area contributed by atoms with Gasteiger partial charge in [-0.3, -0.25) is 38.9 Å². The first kappa shape index (κ1) is 22.1. The minimum absolute atomic E-state index is 0.0505. The molecule has 0 aliphatic carbocycles. The number of carbonyl (C=O) groups excluding carboxylic acids is 4. The number of amides is 4. The van der Waals surface area contributed by atoms with E-state index in [2.05, 4.69) is 9.97 Å². The molecule has 0 unspecified atom stereocenters. The second kappa shape index (κ2) is 8.90. The highest BCUT2D eigenvalue weighted by molar-refractivity contribution is 6.28. The summed E-state index contributed by atoms with van der Waals surface area (Å²) in [5.41, 5.74) is 3.07. The second-order valence-corrected chi connectivity index (χ2v) is 8.30. The van der Waals surface area contributed by atoms with Gasteiger partial charge in [-0.15, -0.1) is 0 Å².